The van der Waals surface area contributed by atoms with Crippen LogP contribution in [0.3, 0.4) is 0 Å². The van der Waals surface area contributed by atoms with E-state index in [9.17, 15) is 0 Å². The maximum absolute atomic E-state index is 5.80. The highest BCUT2D eigenvalue weighted by Crippen LogP contribution is 2.60. The Kier molecular flexibility index (Phi) is 8.55. The Balaban J connectivity index is 0.887. The normalized spacial score (nSPS) is 18.5. The molecule has 2 fully saturated rings. The van der Waals surface area contributed by atoms with Gasteiger partial charge in [-0.25, -0.2) is 19.9 Å². The number of pyridine rings is 4. The quantitative estimate of drug-likeness (QED) is 0.165. The minimum atomic E-state index is 0.515. The molecule has 12 aromatic rings. The second kappa shape index (κ2) is 15.5. The van der Waals surface area contributed by atoms with Gasteiger partial charge in [-0.1, -0.05) is 170 Å². The monoisotopic (exact) mass is 944 g/mol. The first kappa shape index (κ1) is 40.9. The SMILES string of the molecule is c1ccc(-c2ccc3ccc4c5c(c(-c6ccc7c(c6)-c6ccccc6-c6ccccc6-c6cc(-c8nc9c(ccc%10ccc(-c%11ccccc%11)nc%109)c9c8C8CCC9C8)ccc6-7)nc4c3n2)C2CCC5C2)cc1. The Hall–Kier alpha value is -8.60. The van der Waals surface area contributed by atoms with Gasteiger partial charge in [0.1, 0.15) is 0 Å². The van der Waals surface area contributed by atoms with Crippen LogP contribution in [-0.2, 0) is 0 Å². The maximum atomic E-state index is 5.80. The molecule has 348 valence electrons. The third kappa shape index (κ3) is 5.85. The zero-order chi connectivity index (χ0) is 48.2. The highest BCUT2D eigenvalue weighted by Gasteiger charge is 2.43. The lowest BCUT2D eigenvalue weighted by Gasteiger charge is -2.26. The van der Waals surface area contributed by atoms with Gasteiger partial charge in [0.25, 0.3) is 0 Å². The Labute approximate surface area is 429 Å². The minimum Gasteiger partial charge on any atom is -0.245 e. The van der Waals surface area contributed by atoms with Gasteiger partial charge in [-0.2, -0.15) is 0 Å². The van der Waals surface area contributed by atoms with E-state index in [1.807, 2.05) is 0 Å². The van der Waals surface area contributed by atoms with Crippen LogP contribution in [-0.4, -0.2) is 19.9 Å². The summed E-state index contributed by atoms with van der Waals surface area (Å²) in [6, 6.07) is 71.7. The van der Waals surface area contributed by atoms with E-state index in [2.05, 4.69) is 194 Å². The van der Waals surface area contributed by atoms with Gasteiger partial charge in [0.2, 0.25) is 0 Å². The Morgan fingerprint density at radius 2 is 0.635 bits per heavy atom. The van der Waals surface area contributed by atoms with Gasteiger partial charge in [-0.05, 0) is 153 Å². The summed E-state index contributed by atoms with van der Waals surface area (Å²) < 4.78 is 0. The summed E-state index contributed by atoms with van der Waals surface area (Å²) in [5.41, 5.74) is 28.6. The van der Waals surface area contributed by atoms with Crippen LogP contribution >= 0.6 is 0 Å². The molecule has 4 bridgehead atoms. The Morgan fingerprint density at radius 3 is 1.07 bits per heavy atom. The lowest BCUT2D eigenvalue weighted by atomic mass is 9.78. The van der Waals surface area contributed by atoms with E-state index >= 15 is 0 Å². The van der Waals surface area contributed by atoms with Crippen molar-refractivity contribution >= 4 is 43.6 Å². The minimum absolute atomic E-state index is 0.515. The van der Waals surface area contributed by atoms with Crippen LogP contribution in [0.15, 0.2) is 194 Å². The molecule has 0 saturated heterocycles. The van der Waals surface area contributed by atoms with Crippen LogP contribution in [0, 0.1) is 0 Å². The smallest absolute Gasteiger partial charge is 0.0975 e. The fourth-order valence-corrected chi connectivity index (χ4v) is 14.8. The van der Waals surface area contributed by atoms with E-state index in [4.69, 9.17) is 19.9 Å². The standard InChI is InChI=1S/C70H48N4/c1-3-11-39(12-4-1)59-33-27-41-23-31-55-61-43-19-21-45(35-43)63(61)65(73-69(55)67(41)71-59)47-25-29-53-54-30-26-48(38-58(54)52-18-10-8-16-50(52)49-15-7-9-17-51(49)57(53)37-47)66-64-46-22-20-44(36-46)62(64)56-32-24-42-28-34-60(40-13-5-2-6-14-40)72-68(42)70(56)74-66/h1-18,23-34,37-38,43-46H,19-22,35-36H2. The van der Waals surface area contributed by atoms with Crippen LogP contribution in [0.25, 0.3) is 133 Å². The summed E-state index contributed by atoms with van der Waals surface area (Å²) in [7, 11) is 0. The highest BCUT2D eigenvalue weighted by atomic mass is 14.8. The lowest BCUT2D eigenvalue weighted by molar-refractivity contribution is 0.720. The van der Waals surface area contributed by atoms with Crippen molar-refractivity contribution in [3.8, 4) is 89.5 Å². The van der Waals surface area contributed by atoms with E-state index < -0.39 is 0 Å². The Morgan fingerprint density at radius 1 is 0.270 bits per heavy atom. The molecule has 4 unspecified atom stereocenters. The van der Waals surface area contributed by atoms with Gasteiger partial charge in [-0.15, -0.1) is 0 Å². The molecule has 8 aromatic carbocycles. The third-order valence-corrected chi connectivity index (χ3v) is 18.0. The average molecular weight is 945 g/mol. The van der Waals surface area contributed by atoms with Crippen LogP contribution in [0.1, 0.15) is 84.5 Å². The van der Waals surface area contributed by atoms with Crippen molar-refractivity contribution in [3.63, 3.8) is 0 Å². The fraction of sp³-hybridized carbons (Fsp3) is 0.143. The molecular formula is C70H48N4. The van der Waals surface area contributed by atoms with Gasteiger partial charge >= 0.3 is 0 Å². The molecule has 0 spiro atoms. The molecule has 5 aliphatic carbocycles. The number of aromatic nitrogens is 4. The number of nitrogens with zero attached hydrogens (tertiary/aromatic N) is 4. The lowest BCUT2D eigenvalue weighted by Crippen LogP contribution is -2.06. The van der Waals surface area contributed by atoms with E-state index in [-0.39, 0.29) is 0 Å². The topological polar surface area (TPSA) is 51.6 Å². The molecular weight excluding hydrogens is 897 g/mol. The average Bonchev–Trinajstić information content (AvgIpc) is 4.31. The van der Waals surface area contributed by atoms with E-state index in [0.29, 0.717) is 23.7 Å². The zero-order valence-corrected chi connectivity index (χ0v) is 40.8. The highest BCUT2D eigenvalue weighted by molar-refractivity contribution is 6.10. The van der Waals surface area contributed by atoms with E-state index in [1.165, 1.54) is 127 Å². The van der Waals surface area contributed by atoms with Gasteiger partial charge in [0, 0.05) is 43.8 Å². The molecule has 17 rings (SSSR count). The van der Waals surface area contributed by atoms with Crippen molar-refractivity contribution in [2.75, 3.05) is 0 Å². The van der Waals surface area contributed by atoms with Crippen molar-refractivity contribution in [1.82, 2.24) is 19.9 Å². The third-order valence-electron chi connectivity index (χ3n) is 18.0. The number of benzene rings is 8. The fourth-order valence-electron chi connectivity index (χ4n) is 14.8. The van der Waals surface area contributed by atoms with Gasteiger partial charge in [-0.3, -0.25) is 0 Å². The molecule has 4 nitrogen and oxygen atoms in total. The summed E-state index contributed by atoms with van der Waals surface area (Å²) in [6.07, 6.45) is 7.33. The summed E-state index contributed by atoms with van der Waals surface area (Å²) in [5, 5.41) is 4.80. The summed E-state index contributed by atoms with van der Waals surface area (Å²) in [4.78, 5) is 22.4. The van der Waals surface area contributed by atoms with Crippen molar-refractivity contribution in [3.05, 3.63) is 216 Å². The molecule has 0 N–H and O–H groups in total. The zero-order valence-electron chi connectivity index (χ0n) is 40.8. The number of fused-ring (bicyclic) bond motifs is 26. The summed E-state index contributed by atoms with van der Waals surface area (Å²) >= 11 is 0. The van der Waals surface area contributed by atoms with Crippen LogP contribution < -0.4 is 0 Å². The van der Waals surface area contributed by atoms with E-state index in [1.54, 1.807) is 0 Å². The molecule has 4 heterocycles. The predicted octanol–water partition coefficient (Wildman–Crippen LogP) is 18.3. The summed E-state index contributed by atoms with van der Waals surface area (Å²) in [6.45, 7) is 0. The molecule has 0 amide bonds. The Bertz CT molecular complexity index is 4120. The maximum Gasteiger partial charge on any atom is 0.0975 e. The van der Waals surface area contributed by atoms with E-state index in [0.717, 1.165) is 66.7 Å². The summed E-state index contributed by atoms with van der Waals surface area (Å²) in [5.74, 6) is 2.13. The molecule has 74 heavy (non-hydrogen) atoms. The first-order chi connectivity index (χ1) is 36.7. The molecule has 0 aliphatic heterocycles. The molecule has 4 aromatic heterocycles. The largest absolute Gasteiger partial charge is 0.245 e. The van der Waals surface area contributed by atoms with Gasteiger partial charge < -0.3 is 0 Å². The second-order valence-corrected chi connectivity index (χ2v) is 21.8. The molecule has 4 heteroatoms. The molecule has 2 saturated carbocycles. The van der Waals surface area contributed by atoms with Crippen molar-refractivity contribution in [1.29, 1.82) is 0 Å². The number of rotatable bonds is 4. The van der Waals surface area contributed by atoms with Crippen LogP contribution in [0.4, 0.5) is 0 Å². The van der Waals surface area contributed by atoms with Crippen LogP contribution in [0.5, 0.6) is 0 Å². The van der Waals surface area contributed by atoms with Crippen LogP contribution in [0.2, 0.25) is 0 Å². The number of hydrogen-bond acceptors (Lipinski definition) is 4. The van der Waals surface area contributed by atoms with Crippen molar-refractivity contribution < 1.29 is 0 Å². The van der Waals surface area contributed by atoms with Crippen molar-refractivity contribution in [2.24, 2.45) is 0 Å². The van der Waals surface area contributed by atoms with Crippen molar-refractivity contribution in [2.45, 2.75) is 62.2 Å². The molecule has 0 radical (unpaired) electrons. The number of hydrogen-bond donors (Lipinski definition) is 0. The molecule has 4 atom stereocenters. The predicted molar refractivity (Wildman–Crippen MR) is 303 cm³/mol. The molecule has 5 aliphatic rings. The second-order valence-electron chi connectivity index (χ2n) is 21.8. The van der Waals surface area contributed by atoms with Gasteiger partial charge in [0.05, 0.1) is 44.8 Å². The first-order valence-electron chi connectivity index (χ1n) is 26.8. The van der Waals surface area contributed by atoms with Gasteiger partial charge in [0.15, 0.2) is 0 Å². The first-order valence-corrected chi connectivity index (χ1v) is 26.8.